The number of hydrogen-bond donors (Lipinski definition) is 2. The third kappa shape index (κ3) is 7.40. The van der Waals surface area contributed by atoms with Crippen LogP contribution in [-0.4, -0.2) is 45.3 Å². The summed E-state index contributed by atoms with van der Waals surface area (Å²) in [6, 6.07) is 10.7. The molecule has 0 aliphatic rings. The zero-order valence-electron chi connectivity index (χ0n) is 20.6. The van der Waals surface area contributed by atoms with Gasteiger partial charge in [-0.2, -0.15) is 0 Å². The van der Waals surface area contributed by atoms with Crippen molar-refractivity contribution < 1.29 is 18.0 Å². The molecule has 180 valence electrons. The summed E-state index contributed by atoms with van der Waals surface area (Å²) >= 11 is 0. The molecule has 2 rings (SSSR count). The average molecular weight is 474 g/mol. The molecule has 0 saturated heterocycles. The van der Waals surface area contributed by atoms with E-state index in [4.69, 9.17) is 0 Å². The van der Waals surface area contributed by atoms with E-state index in [-0.39, 0.29) is 41.6 Å². The van der Waals surface area contributed by atoms with Gasteiger partial charge in [0.15, 0.2) is 0 Å². The van der Waals surface area contributed by atoms with E-state index >= 15 is 0 Å². The van der Waals surface area contributed by atoms with Gasteiger partial charge in [0.25, 0.3) is 0 Å². The van der Waals surface area contributed by atoms with E-state index in [9.17, 15) is 18.0 Å². The lowest BCUT2D eigenvalue weighted by Gasteiger charge is -2.19. The molecule has 0 atom stereocenters. The summed E-state index contributed by atoms with van der Waals surface area (Å²) in [5.41, 5.74) is 4.74. The average Bonchev–Trinajstić information content (AvgIpc) is 2.69. The van der Waals surface area contributed by atoms with Gasteiger partial charge in [-0.1, -0.05) is 50.6 Å². The molecule has 0 saturated carbocycles. The third-order valence-corrected chi connectivity index (χ3v) is 6.89. The van der Waals surface area contributed by atoms with Gasteiger partial charge < -0.3 is 10.2 Å². The second-order valence-corrected chi connectivity index (χ2v) is 11.3. The van der Waals surface area contributed by atoms with E-state index in [2.05, 4.69) is 30.8 Å². The van der Waals surface area contributed by atoms with E-state index in [0.29, 0.717) is 0 Å². The van der Waals surface area contributed by atoms with Gasteiger partial charge in [-0.15, -0.1) is 0 Å². The van der Waals surface area contributed by atoms with E-state index < -0.39 is 10.0 Å². The van der Waals surface area contributed by atoms with Gasteiger partial charge in [0.1, 0.15) is 0 Å². The molecule has 2 aromatic rings. The van der Waals surface area contributed by atoms with Crippen LogP contribution in [0.1, 0.15) is 49.4 Å². The second-order valence-electron chi connectivity index (χ2n) is 9.49. The summed E-state index contributed by atoms with van der Waals surface area (Å²) < 4.78 is 27.5. The number of anilines is 1. The largest absolute Gasteiger partial charge is 0.336 e. The minimum atomic E-state index is -3.72. The monoisotopic (exact) mass is 473 g/mol. The highest BCUT2D eigenvalue weighted by atomic mass is 32.2. The molecule has 0 fully saturated rings. The summed E-state index contributed by atoms with van der Waals surface area (Å²) in [6.45, 7) is 11.8. The molecule has 0 aliphatic carbocycles. The van der Waals surface area contributed by atoms with Gasteiger partial charge in [-0.3, -0.25) is 9.59 Å². The minimum absolute atomic E-state index is 0.0499. The van der Waals surface area contributed by atoms with E-state index in [1.165, 1.54) is 11.9 Å². The molecule has 7 nitrogen and oxygen atoms in total. The number of hydrogen-bond acceptors (Lipinski definition) is 4. The van der Waals surface area contributed by atoms with Gasteiger partial charge in [0, 0.05) is 25.7 Å². The molecule has 0 spiro atoms. The number of carbonyl (C=O) groups excluding carboxylic acids is 2. The van der Waals surface area contributed by atoms with Gasteiger partial charge >= 0.3 is 0 Å². The van der Waals surface area contributed by atoms with E-state index in [1.54, 1.807) is 24.3 Å². The Morgan fingerprint density at radius 2 is 1.52 bits per heavy atom. The van der Waals surface area contributed by atoms with Gasteiger partial charge in [0.05, 0.1) is 11.4 Å². The van der Waals surface area contributed by atoms with E-state index in [1.807, 2.05) is 32.9 Å². The van der Waals surface area contributed by atoms with Crippen LogP contribution in [0, 0.1) is 20.8 Å². The molecular weight excluding hydrogens is 438 g/mol. The van der Waals surface area contributed by atoms with Crippen molar-refractivity contribution in [3.63, 3.8) is 0 Å². The Morgan fingerprint density at radius 1 is 0.970 bits per heavy atom. The van der Waals surface area contributed by atoms with Gasteiger partial charge in [0.2, 0.25) is 21.8 Å². The topological polar surface area (TPSA) is 95.6 Å². The number of aryl methyl sites for hydroxylation is 3. The van der Waals surface area contributed by atoms with Crippen LogP contribution in [0.3, 0.4) is 0 Å². The molecule has 2 amide bonds. The molecular formula is C25H35N3O4S. The van der Waals surface area contributed by atoms with Crippen molar-refractivity contribution in [3.05, 3.63) is 58.7 Å². The number of sulfonamides is 1. The zero-order valence-corrected chi connectivity index (χ0v) is 21.4. The molecule has 0 aliphatic heterocycles. The maximum Gasteiger partial charge on any atom is 0.243 e. The Kier molecular flexibility index (Phi) is 8.43. The van der Waals surface area contributed by atoms with Crippen LogP contribution in [0.2, 0.25) is 0 Å². The highest BCUT2D eigenvalue weighted by Crippen LogP contribution is 2.23. The van der Waals surface area contributed by atoms with Crippen LogP contribution in [0.4, 0.5) is 5.69 Å². The normalized spacial score (nSPS) is 11.8. The summed E-state index contributed by atoms with van der Waals surface area (Å²) in [7, 11) is -2.20. The number of likely N-dealkylation sites (N-methyl/N-ethyl adjacent to an activating group) is 1. The summed E-state index contributed by atoms with van der Waals surface area (Å²) in [6.07, 6.45) is -0.0499. The summed E-state index contributed by atoms with van der Waals surface area (Å²) in [4.78, 5) is 26.3. The molecule has 8 heteroatoms. The lowest BCUT2D eigenvalue weighted by Crippen LogP contribution is -2.37. The molecule has 0 aromatic heterocycles. The third-order valence-electron chi connectivity index (χ3n) is 5.41. The fourth-order valence-corrected chi connectivity index (χ4v) is 4.59. The van der Waals surface area contributed by atoms with Crippen LogP contribution in [0.5, 0.6) is 0 Å². The molecule has 2 aromatic carbocycles. The standard InChI is InChI=1S/C25H35N3O4S/c1-17-14-18(2)24(19(3)15-17)27-22(29)16-28(7)23(30)12-13-26-33(31,32)21-10-8-20(9-11-21)25(4,5)6/h8-11,14-15,26H,12-13,16H2,1-7H3,(H,27,29). The Labute approximate surface area is 197 Å². The first-order valence-electron chi connectivity index (χ1n) is 10.9. The number of benzene rings is 2. The zero-order chi connectivity index (χ0) is 25.0. The van der Waals surface area contributed by atoms with Crippen molar-refractivity contribution in [2.75, 3.05) is 25.5 Å². The van der Waals surface area contributed by atoms with Crippen molar-refractivity contribution in [3.8, 4) is 0 Å². The Balaban J connectivity index is 1.88. The fraction of sp³-hybridized carbons (Fsp3) is 0.440. The van der Waals surface area contributed by atoms with Crippen LogP contribution >= 0.6 is 0 Å². The number of nitrogens with zero attached hydrogens (tertiary/aromatic N) is 1. The van der Waals surface area contributed by atoms with E-state index in [0.717, 1.165) is 27.9 Å². The lowest BCUT2D eigenvalue weighted by molar-refractivity contribution is -0.133. The Morgan fingerprint density at radius 3 is 2.03 bits per heavy atom. The first kappa shape index (κ1) is 26.5. The molecule has 0 unspecified atom stereocenters. The number of amides is 2. The van der Waals surface area contributed by atoms with Crippen molar-refractivity contribution >= 4 is 27.5 Å². The number of carbonyl (C=O) groups is 2. The fourth-order valence-electron chi connectivity index (χ4n) is 3.56. The molecule has 0 heterocycles. The van der Waals surface area contributed by atoms with Crippen molar-refractivity contribution in [1.82, 2.24) is 9.62 Å². The van der Waals surface area contributed by atoms with Crippen LogP contribution < -0.4 is 10.0 Å². The maximum absolute atomic E-state index is 12.5. The maximum atomic E-state index is 12.5. The minimum Gasteiger partial charge on any atom is -0.336 e. The highest BCUT2D eigenvalue weighted by Gasteiger charge is 2.19. The predicted octanol–water partition coefficient (Wildman–Crippen LogP) is 3.67. The van der Waals surface area contributed by atoms with Crippen molar-refractivity contribution in [2.45, 2.75) is 58.3 Å². The summed E-state index contributed by atoms with van der Waals surface area (Å²) in [5.74, 6) is -0.631. The van der Waals surface area contributed by atoms with Crippen LogP contribution in [-0.2, 0) is 25.0 Å². The smallest absolute Gasteiger partial charge is 0.243 e. The second kappa shape index (κ2) is 10.5. The van der Waals surface area contributed by atoms with Crippen molar-refractivity contribution in [1.29, 1.82) is 0 Å². The summed E-state index contributed by atoms with van der Waals surface area (Å²) in [5, 5.41) is 2.86. The Bertz CT molecular complexity index is 1090. The predicted molar refractivity (Wildman–Crippen MR) is 132 cm³/mol. The molecule has 0 bridgehead atoms. The van der Waals surface area contributed by atoms with Crippen LogP contribution in [0.25, 0.3) is 0 Å². The Hall–Kier alpha value is -2.71. The van der Waals surface area contributed by atoms with Gasteiger partial charge in [-0.25, -0.2) is 13.1 Å². The highest BCUT2D eigenvalue weighted by molar-refractivity contribution is 7.89. The number of rotatable bonds is 8. The lowest BCUT2D eigenvalue weighted by atomic mass is 9.87. The quantitative estimate of drug-likeness (QED) is 0.611. The van der Waals surface area contributed by atoms with Gasteiger partial charge in [-0.05, 0) is 55.0 Å². The first-order valence-corrected chi connectivity index (χ1v) is 12.4. The van der Waals surface area contributed by atoms with Crippen LogP contribution in [0.15, 0.2) is 41.3 Å². The van der Waals surface area contributed by atoms with Crippen molar-refractivity contribution in [2.24, 2.45) is 0 Å². The molecule has 0 radical (unpaired) electrons. The molecule has 2 N–H and O–H groups in total. The first-order chi connectivity index (χ1) is 15.2. The number of nitrogens with one attached hydrogen (secondary N) is 2. The SMILES string of the molecule is Cc1cc(C)c(NC(=O)CN(C)C(=O)CCNS(=O)(=O)c2ccc(C(C)(C)C)cc2)c(C)c1. The molecule has 33 heavy (non-hydrogen) atoms.